The van der Waals surface area contributed by atoms with E-state index in [4.69, 9.17) is 10.8 Å². The van der Waals surface area contributed by atoms with Crippen molar-refractivity contribution in [1.29, 1.82) is 0 Å². The van der Waals surface area contributed by atoms with Crippen LogP contribution in [0.3, 0.4) is 0 Å². The van der Waals surface area contributed by atoms with Crippen molar-refractivity contribution in [3.63, 3.8) is 0 Å². The van der Waals surface area contributed by atoms with Crippen LogP contribution in [-0.4, -0.2) is 11.1 Å². The summed E-state index contributed by atoms with van der Waals surface area (Å²) in [5.74, 6) is -0.937. The third-order valence-electron chi connectivity index (χ3n) is 1.97. The number of carboxylic acid groups (broad SMARTS) is 1. The SMILES string of the molecule is Nc1ccc(C(=O)O)cc1Sc1cccs1. The molecule has 1 heterocycles. The van der Waals surface area contributed by atoms with E-state index < -0.39 is 5.97 Å². The Kier molecular flexibility index (Phi) is 3.17. The summed E-state index contributed by atoms with van der Waals surface area (Å²) >= 11 is 3.08. The van der Waals surface area contributed by atoms with Crippen LogP contribution in [-0.2, 0) is 0 Å². The lowest BCUT2D eigenvalue weighted by molar-refractivity contribution is 0.0696. The van der Waals surface area contributed by atoms with E-state index >= 15 is 0 Å². The molecule has 0 bridgehead atoms. The topological polar surface area (TPSA) is 63.3 Å². The van der Waals surface area contributed by atoms with Gasteiger partial charge < -0.3 is 10.8 Å². The summed E-state index contributed by atoms with van der Waals surface area (Å²) in [6, 6.07) is 8.66. The van der Waals surface area contributed by atoms with Crippen molar-refractivity contribution in [2.75, 3.05) is 5.73 Å². The molecule has 1 aromatic carbocycles. The minimum atomic E-state index is -0.937. The number of benzene rings is 1. The van der Waals surface area contributed by atoms with Gasteiger partial charge in [-0.3, -0.25) is 0 Å². The van der Waals surface area contributed by atoms with E-state index in [2.05, 4.69) is 0 Å². The molecule has 5 heteroatoms. The van der Waals surface area contributed by atoms with Gasteiger partial charge in [0.15, 0.2) is 0 Å². The minimum absolute atomic E-state index is 0.258. The fourth-order valence-electron chi connectivity index (χ4n) is 1.19. The lowest BCUT2D eigenvalue weighted by Crippen LogP contribution is -1.98. The summed E-state index contributed by atoms with van der Waals surface area (Å²) < 4.78 is 1.09. The van der Waals surface area contributed by atoms with Crippen LogP contribution in [0.2, 0.25) is 0 Å². The Balaban J connectivity index is 2.32. The van der Waals surface area contributed by atoms with E-state index in [1.165, 1.54) is 17.8 Å². The van der Waals surface area contributed by atoms with Gasteiger partial charge in [-0.1, -0.05) is 17.8 Å². The Hall–Kier alpha value is -1.46. The smallest absolute Gasteiger partial charge is 0.335 e. The van der Waals surface area contributed by atoms with Crippen LogP contribution >= 0.6 is 23.1 Å². The maximum Gasteiger partial charge on any atom is 0.335 e. The first kappa shape index (κ1) is 11.0. The lowest BCUT2D eigenvalue weighted by Gasteiger charge is -2.04. The first-order valence-corrected chi connectivity index (χ1v) is 6.20. The van der Waals surface area contributed by atoms with Gasteiger partial charge in [0.25, 0.3) is 0 Å². The van der Waals surface area contributed by atoms with Crippen LogP contribution in [0.1, 0.15) is 10.4 Å². The Morgan fingerprint density at radius 2 is 2.19 bits per heavy atom. The third kappa shape index (κ3) is 2.37. The quantitative estimate of drug-likeness (QED) is 0.822. The Morgan fingerprint density at radius 3 is 2.81 bits per heavy atom. The zero-order valence-corrected chi connectivity index (χ0v) is 9.85. The highest BCUT2D eigenvalue weighted by atomic mass is 32.2. The van der Waals surface area contributed by atoms with Gasteiger partial charge in [0.05, 0.1) is 9.77 Å². The molecule has 0 unspecified atom stereocenters. The van der Waals surface area contributed by atoms with Crippen molar-refractivity contribution in [1.82, 2.24) is 0 Å². The van der Waals surface area contributed by atoms with E-state index in [1.807, 2.05) is 17.5 Å². The number of thiophene rings is 1. The molecule has 16 heavy (non-hydrogen) atoms. The molecular weight excluding hydrogens is 242 g/mol. The van der Waals surface area contributed by atoms with Gasteiger partial charge in [0.2, 0.25) is 0 Å². The molecule has 0 aliphatic rings. The lowest BCUT2D eigenvalue weighted by atomic mass is 10.2. The van der Waals surface area contributed by atoms with Gasteiger partial charge >= 0.3 is 5.97 Å². The fraction of sp³-hybridized carbons (Fsp3) is 0. The van der Waals surface area contributed by atoms with Crippen molar-refractivity contribution in [2.45, 2.75) is 9.10 Å². The average Bonchev–Trinajstić information content (AvgIpc) is 2.73. The van der Waals surface area contributed by atoms with E-state index in [0.717, 1.165) is 9.10 Å². The van der Waals surface area contributed by atoms with Crippen LogP contribution < -0.4 is 5.73 Å². The highest BCUT2D eigenvalue weighted by molar-refractivity contribution is 8.01. The molecule has 0 spiro atoms. The molecule has 3 N–H and O–H groups in total. The molecule has 0 atom stereocenters. The number of hydrogen-bond acceptors (Lipinski definition) is 4. The van der Waals surface area contributed by atoms with Crippen LogP contribution in [0.5, 0.6) is 0 Å². The normalized spacial score (nSPS) is 10.2. The standard InChI is InChI=1S/C11H9NO2S2/c12-8-4-3-7(11(13)14)6-9(8)16-10-2-1-5-15-10/h1-6H,12H2,(H,13,14). The summed E-state index contributed by atoms with van der Waals surface area (Å²) in [6.45, 7) is 0. The molecule has 0 radical (unpaired) electrons. The average molecular weight is 251 g/mol. The Bertz CT molecular complexity index is 509. The molecule has 3 nitrogen and oxygen atoms in total. The van der Waals surface area contributed by atoms with E-state index in [1.54, 1.807) is 23.5 Å². The Labute approximate surface area is 101 Å². The first-order chi connectivity index (χ1) is 7.66. The van der Waals surface area contributed by atoms with Gasteiger partial charge in [-0.15, -0.1) is 11.3 Å². The van der Waals surface area contributed by atoms with Gasteiger partial charge in [-0.05, 0) is 29.6 Å². The van der Waals surface area contributed by atoms with Crippen LogP contribution in [0.15, 0.2) is 44.8 Å². The van der Waals surface area contributed by atoms with E-state index in [-0.39, 0.29) is 5.56 Å². The fourth-order valence-corrected chi connectivity index (χ4v) is 3.00. The van der Waals surface area contributed by atoms with Crippen molar-refractivity contribution in [3.8, 4) is 0 Å². The first-order valence-electron chi connectivity index (χ1n) is 4.51. The zero-order chi connectivity index (χ0) is 11.5. The molecule has 2 aromatic rings. The number of nitrogens with two attached hydrogens (primary N) is 1. The van der Waals surface area contributed by atoms with Gasteiger partial charge in [0.1, 0.15) is 0 Å². The predicted octanol–water partition coefficient (Wildman–Crippen LogP) is 3.18. The number of rotatable bonds is 3. The number of hydrogen-bond donors (Lipinski definition) is 2. The van der Waals surface area contributed by atoms with Crippen LogP contribution in [0.25, 0.3) is 0 Å². The number of aromatic carboxylic acids is 1. The number of anilines is 1. The number of carboxylic acids is 1. The van der Waals surface area contributed by atoms with Gasteiger partial charge in [-0.2, -0.15) is 0 Å². The summed E-state index contributed by atoms with van der Waals surface area (Å²) in [5, 5.41) is 10.9. The molecule has 0 saturated carbocycles. The van der Waals surface area contributed by atoms with Gasteiger partial charge in [-0.25, -0.2) is 4.79 Å². The molecule has 0 amide bonds. The highest BCUT2D eigenvalue weighted by Crippen LogP contribution is 2.35. The second-order valence-corrected chi connectivity index (χ2v) is 5.38. The van der Waals surface area contributed by atoms with Crippen LogP contribution in [0, 0.1) is 0 Å². The number of nitrogen functional groups attached to an aromatic ring is 1. The molecule has 1 aromatic heterocycles. The molecule has 0 saturated heterocycles. The second kappa shape index (κ2) is 4.59. The molecule has 82 valence electrons. The third-order valence-corrected chi connectivity index (χ3v) is 4.08. The molecular formula is C11H9NO2S2. The van der Waals surface area contributed by atoms with Gasteiger partial charge in [0, 0.05) is 10.6 Å². The molecule has 0 aliphatic heterocycles. The molecule has 2 rings (SSSR count). The predicted molar refractivity (Wildman–Crippen MR) is 66.3 cm³/mol. The summed E-state index contributed by atoms with van der Waals surface area (Å²) in [6.07, 6.45) is 0. The second-order valence-electron chi connectivity index (χ2n) is 3.09. The highest BCUT2D eigenvalue weighted by Gasteiger charge is 2.08. The van der Waals surface area contributed by atoms with Crippen molar-refractivity contribution < 1.29 is 9.90 Å². The molecule has 0 fully saturated rings. The molecule has 0 aliphatic carbocycles. The monoisotopic (exact) mass is 251 g/mol. The Morgan fingerprint density at radius 1 is 1.38 bits per heavy atom. The maximum absolute atomic E-state index is 10.8. The summed E-state index contributed by atoms with van der Waals surface area (Å²) in [4.78, 5) is 11.6. The largest absolute Gasteiger partial charge is 0.478 e. The van der Waals surface area contributed by atoms with Crippen molar-refractivity contribution in [2.24, 2.45) is 0 Å². The van der Waals surface area contributed by atoms with Crippen molar-refractivity contribution in [3.05, 3.63) is 41.3 Å². The summed E-state index contributed by atoms with van der Waals surface area (Å²) in [5.41, 5.74) is 6.66. The minimum Gasteiger partial charge on any atom is -0.478 e. The number of carbonyl (C=O) groups is 1. The van der Waals surface area contributed by atoms with Crippen LogP contribution in [0.4, 0.5) is 5.69 Å². The maximum atomic E-state index is 10.8. The van der Waals surface area contributed by atoms with E-state index in [9.17, 15) is 4.79 Å². The zero-order valence-electron chi connectivity index (χ0n) is 8.21. The van der Waals surface area contributed by atoms with Crippen molar-refractivity contribution >= 4 is 34.8 Å². The summed E-state index contributed by atoms with van der Waals surface area (Å²) in [7, 11) is 0. The van der Waals surface area contributed by atoms with E-state index in [0.29, 0.717) is 5.69 Å².